The molecule has 25 heavy (non-hydrogen) atoms. The van der Waals surface area contributed by atoms with E-state index in [0.29, 0.717) is 23.5 Å². The quantitative estimate of drug-likeness (QED) is 0.680. The number of H-pyrrole nitrogens is 1. The van der Waals surface area contributed by atoms with E-state index in [4.69, 9.17) is 5.11 Å². The molecule has 0 aliphatic carbocycles. The number of aromatic amines is 1. The average Bonchev–Trinajstić information content (AvgIpc) is 3.01. The molecule has 0 radical (unpaired) electrons. The number of aliphatic hydroxyl groups excluding tert-OH is 1. The number of hydrogen-bond acceptors (Lipinski definition) is 6. The summed E-state index contributed by atoms with van der Waals surface area (Å²) in [5.74, 6) is 0.236. The Hall–Kier alpha value is -3.29. The number of fused-ring (bicyclic) bond motifs is 1. The topological polar surface area (TPSA) is 121 Å². The van der Waals surface area contributed by atoms with Crippen LogP contribution in [0, 0.1) is 22.7 Å². The Morgan fingerprint density at radius 1 is 1.20 bits per heavy atom. The van der Waals surface area contributed by atoms with E-state index < -0.39 is 5.92 Å². The molecule has 7 nitrogen and oxygen atoms in total. The first kappa shape index (κ1) is 16.6. The van der Waals surface area contributed by atoms with Crippen LogP contribution in [-0.2, 0) is 0 Å². The van der Waals surface area contributed by atoms with Crippen LogP contribution in [0.2, 0.25) is 0 Å². The van der Waals surface area contributed by atoms with Crippen molar-refractivity contribution in [3.8, 4) is 12.1 Å². The number of nitrogens with one attached hydrogen (secondary N) is 3. The third kappa shape index (κ3) is 2.82. The third-order valence-corrected chi connectivity index (χ3v) is 4.33. The molecule has 0 unspecified atom stereocenters. The fraction of sp³-hybridized carbons (Fsp3) is 0.278. The van der Waals surface area contributed by atoms with Crippen LogP contribution in [0.25, 0.3) is 10.9 Å². The van der Waals surface area contributed by atoms with Gasteiger partial charge in [-0.1, -0.05) is 6.07 Å². The lowest BCUT2D eigenvalue weighted by molar-refractivity contribution is 0.311. The van der Waals surface area contributed by atoms with Gasteiger partial charge in [-0.05, 0) is 31.5 Å². The highest BCUT2D eigenvalue weighted by atomic mass is 16.3. The molecule has 0 amide bonds. The number of nitrogens with zero attached hydrogens (tertiary/aromatic N) is 3. The molecule has 7 heteroatoms. The lowest BCUT2D eigenvalue weighted by atomic mass is 9.81. The van der Waals surface area contributed by atoms with Crippen LogP contribution in [0.5, 0.6) is 0 Å². The lowest BCUT2D eigenvalue weighted by Crippen LogP contribution is -2.23. The van der Waals surface area contributed by atoms with Gasteiger partial charge in [0, 0.05) is 23.3 Å². The predicted octanol–water partition coefficient (Wildman–Crippen LogP) is 2.25. The minimum atomic E-state index is -0.402. The Bertz CT molecular complexity index is 934. The molecule has 126 valence electrons. The first-order valence-electron chi connectivity index (χ1n) is 7.92. The van der Waals surface area contributed by atoms with Gasteiger partial charge in [0.15, 0.2) is 5.82 Å². The molecule has 4 N–H and O–H groups in total. The number of nitriles is 2. The molecule has 2 heterocycles. The second-order valence-electron chi connectivity index (χ2n) is 5.89. The highest BCUT2D eigenvalue weighted by Crippen LogP contribution is 2.38. The molecule has 0 saturated carbocycles. The highest BCUT2D eigenvalue weighted by Gasteiger charge is 2.29. The van der Waals surface area contributed by atoms with E-state index in [1.54, 1.807) is 0 Å². The second-order valence-corrected chi connectivity index (χ2v) is 5.89. The van der Waals surface area contributed by atoms with Crippen molar-refractivity contribution < 1.29 is 5.11 Å². The third-order valence-electron chi connectivity index (χ3n) is 4.33. The summed E-state index contributed by atoms with van der Waals surface area (Å²) >= 11 is 0. The predicted molar refractivity (Wildman–Crippen MR) is 94.2 cm³/mol. The number of hydrogen-bond donors (Lipinski definition) is 4. The van der Waals surface area contributed by atoms with Crippen molar-refractivity contribution in [2.75, 3.05) is 18.5 Å². The summed E-state index contributed by atoms with van der Waals surface area (Å²) in [7, 11) is 0. The van der Waals surface area contributed by atoms with Gasteiger partial charge in [-0.2, -0.15) is 15.6 Å². The lowest BCUT2D eigenvalue weighted by Gasteiger charge is -2.26. The average molecular weight is 334 g/mol. The fourth-order valence-electron chi connectivity index (χ4n) is 3.14. The molecule has 2 aromatic rings. The summed E-state index contributed by atoms with van der Waals surface area (Å²) < 4.78 is 0. The molecule has 1 aromatic heterocycles. The number of allylic oxidation sites excluding steroid dienone is 4. The number of aliphatic hydroxyl groups is 1. The number of rotatable bonds is 4. The Kier molecular flexibility index (Phi) is 4.42. The van der Waals surface area contributed by atoms with Crippen molar-refractivity contribution in [2.24, 2.45) is 0 Å². The number of dihydropyridines is 1. The normalized spacial score (nSPS) is 15.1. The summed E-state index contributed by atoms with van der Waals surface area (Å²) in [6.07, 6.45) is 0. The van der Waals surface area contributed by atoms with E-state index in [2.05, 4.69) is 33.0 Å². The standard InChI is InChI=1S/C18H18N6O/c1-10-14(8-19)17(15(9-20)11(2)22-10)12-3-4-16-13(7-12)18(24-23-16)21-5-6-25/h3-4,7,17,22,25H,5-6H2,1-2H3,(H2,21,23,24). The first-order valence-corrected chi connectivity index (χ1v) is 7.92. The van der Waals surface area contributed by atoms with E-state index in [0.717, 1.165) is 27.9 Å². The largest absolute Gasteiger partial charge is 0.395 e. The van der Waals surface area contributed by atoms with E-state index in [9.17, 15) is 10.5 Å². The maximum atomic E-state index is 9.60. The molecule has 0 atom stereocenters. The van der Waals surface area contributed by atoms with Crippen molar-refractivity contribution in [2.45, 2.75) is 19.8 Å². The molecular formula is C18H18N6O. The van der Waals surface area contributed by atoms with Crippen molar-refractivity contribution >= 4 is 16.7 Å². The van der Waals surface area contributed by atoms with Gasteiger partial charge in [0.05, 0.1) is 41.3 Å². The van der Waals surface area contributed by atoms with Crippen molar-refractivity contribution in [1.82, 2.24) is 15.5 Å². The summed E-state index contributed by atoms with van der Waals surface area (Å²) in [4.78, 5) is 0. The summed E-state index contributed by atoms with van der Waals surface area (Å²) in [6, 6.07) is 10.2. The van der Waals surface area contributed by atoms with E-state index in [1.807, 2.05) is 32.0 Å². The number of benzene rings is 1. The van der Waals surface area contributed by atoms with Gasteiger partial charge in [0.1, 0.15) is 0 Å². The zero-order valence-electron chi connectivity index (χ0n) is 14.0. The molecule has 1 aliphatic rings. The van der Waals surface area contributed by atoms with E-state index >= 15 is 0 Å². The fourth-order valence-corrected chi connectivity index (χ4v) is 3.14. The van der Waals surface area contributed by atoms with E-state index in [-0.39, 0.29) is 6.61 Å². The van der Waals surface area contributed by atoms with E-state index in [1.165, 1.54) is 0 Å². The Labute approximate surface area is 145 Å². The van der Waals surface area contributed by atoms with Crippen LogP contribution in [-0.4, -0.2) is 28.5 Å². The smallest absolute Gasteiger partial charge is 0.155 e. The molecule has 0 bridgehead atoms. The summed E-state index contributed by atoms with van der Waals surface area (Å²) in [5.41, 5.74) is 4.29. The highest BCUT2D eigenvalue weighted by molar-refractivity contribution is 5.90. The van der Waals surface area contributed by atoms with Gasteiger partial charge >= 0.3 is 0 Å². The molecule has 0 fully saturated rings. The molecule has 0 spiro atoms. The van der Waals surface area contributed by atoms with Gasteiger partial charge in [-0.3, -0.25) is 5.10 Å². The van der Waals surface area contributed by atoms with Crippen LogP contribution in [0.15, 0.2) is 40.7 Å². The zero-order chi connectivity index (χ0) is 18.0. The maximum absolute atomic E-state index is 9.60. The number of anilines is 1. The Balaban J connectivity index is 2.14. The SMILES string of the molecule is CC1=C(C#N)C(c2ccc3[nH]nc(NCCO)c3c2)C(C#N)=C(C)N1. The summed E-state index contributed by atoms with van der Waals surface area (Å²) in [6.45, 7) is 4.08. The zero-order valence-corrected chi connectivity index (χ0v) is 14.0. The van der Waals surface area contributed by atoms with Crippen LogP contribution in [0.4, 0.5) is 5.82 Å². The molecule has 0 saturated heterocycles. The first-order chi connectivity index (χ1) is 12.1. The minimum Gasteiger partial charge on any atom is -0.395 e. The van der Waals surface area contributed by atoms with Gasteiger partial charge in [-0.15, -0.1) is 0 Å². The van der Waals surface area contributed by atoms with Gasteiger partial charge < -0.3 is 15.7 Å². The van der Waals surface area contributed by atoms with Gasteiger partial charge in [0.2, 0.25) is 0 Å². The van der Waals surface area contributed by atoms with Gasteiger partial charge in [-0.25, -0.2) is 0 Å². The minimum absolute atomic E-state index is 0.00334. The van der Waals surface area contributed by atoms with Crippen LogP contribution in [0.3, 0.4) is 0 Å². The van der Waals surface area contributed by atoms with Crippen LogP contribution >= 0.6 is 0 Å². The van der Waals surface area contributed by atoms with Crippen molar-refractivity contribution in [1.29, 1.82) is 10.5 Å². The van der Waals surface area contributed by atoms with Crippen LogP contribution in [0.1, 0.15) is 25.3 Å². The molecule has 3 rings (SSSR count). The second kappa shape index (κ2) is 6.68. The molecule has 1 aromatic carbocycles. The molecular weight excluding hydrogens is 316 g/mol. The Morgan fingerprint density at radius 3 is 2.48 bits per heavy atom. The Morgan fingerprint density at radius 2 is 1.88 bits per heavy atom. The number of aromatic nitrogens is 2. The van der Waals surface area contributed by atoms with Crippen LogP contribution < -0.4 is 10.6 Å². The van der Waals surface area contributed by atoms with Crippen molar-refractivity contribution in [3.63, 3.8) is 0 Å². The molecule has 1 aliphatic heterocycles. The van der Waals surface area contributed by atoms with Gasteiger partial charge in [0.25, 0.3) is 0 Å². The monoisotopic (exact) mass is 334 g/mol. The van der Waals surface area contributed by atoms with Crippen molar-refractivity contribution in [3.05, 3.63) is 46.3 Å². The maximum Gasteiger partial charge on any atom is 0.155 e. The summed E-state index contributed by atoms with van der Waals surface area (Å²) in [5, 5.41) is 42.4.